The molecule has 0 radical (unpaired) electrons. The fourth-order valence-corrected chi connectivity index (χ4v) is 3.09. The average Bonchev–Trinajstić information content (AvgIpc) is 3.08. The molecule has 7 nitrogen and oxygen atoms in total. The summed E-state index contributed by atoms with van der Waals surface area (Å²) in [4.78, 5) is 20.7. The summed E-state index contributed by atoms with van der Waals surface area (Å²) >= 11 is 0. The number of nitrogens with zero attached hydrogens (tertiary/aromatic N) is 4. The summed E-state index contributed by atoms with van der Waals surface area (Å²) < 4.78 is 0. The van der Waals surface area contributed by atoms with Gasteiger partial charge in [0.1, 0.15) is 5.82 Å². The highest BCUT2D eigenvalue weighted by Gasteiger charge is 2.33. The summed E-state index contributed by atoms with van der Waals surface area (Å²) in [5.41, 5.74) is 5.94. The van der Waals surface area contributed by atoms with Crippen LogP contribution in [0.1, 0.15) is 35.7 Å². The third-order valence-corrected chi connectivity index (χ3v) is 4.33. The number of aromatic nitrogens is 3. The van der Waals surface area contributed by atoms with Gasteiger partial charge in [-0.25, -0.2) is 4.98 Å². The standard InChI is InChI=1S/C13H22N6O/c1-9-15-12(17-16-9)13(20)19-7-4-11(8-19)18-5-2-10(14)3-6-18/h10-11H,2-8,14H2,1H3,(H,15,16,17). The first-order valence-corrected chi connectivity index (χ1v) is 7.31. The smallest absolute Gasteiger partial charge is 0.293 e. The molecule has 1 atom stereocenters. The quantitative estimate of drug-likeness (QED) is 0.778. The van der Waals surface area contributed by atoms with Crippen LogP contribution in [-0.2, 0) is 0 Å². The average molecular weight is 278 g/mol. The highest BCUT2D eigenvalue weighted by molar-refractivity contribution is 5.90. The molecule has 2 saturated heterocycles. The molecule has 3 heterocycles. The van der Waals surface area contributed by atoms with E-state index in [9.17, 15) is 4.79 Å². The molecule has 3 N–H and O–H groups in total. The van der Waals surface area contributed by atoms with Gasteiger partial charge in [0, 0.05) is 25.2 Å². The van der Waals surface area contributed by atoms with Crippen LogP contribution in [0.4, 0.5) is 0 Å². The largest absolute Gasteiger partial charge is 0.334 e. The Bertz CT molecular complexity index is 479. The first-order valence-electron chi connectivity index (χ1n) is 7.31. The van der Waals surface area contributed by atoms with E-state index < -0.39 is 0 Å². The Labute approximate surface area is 118 Å². The van der Waals surface area contributed by atoms with Crippen molar-refractivity contribution in [3.8, 4) is 0 Å². The van der Waals surface area contributed by atoms with Gasteiger partial charge in [-0.1, -0.05) is 0 Å². The van der Waals surface area contributed by atoms with Crippen molar-refractivity contribution in [3.63, 3.8) is 0 Å². The van der Waals surface area contributed by atoms with Gasteiger partial charge in [-0.05, 0) is 39.3 Å². The van der Waals surface area contributed by atoms with E-state index in [0.29, 0.717) is 17.9 Å². The number of H-pyrrole nitrogens is 1. The van der Waals surface area contributed by atoms with Gasteiger partial charge in [-0.15, -0.1) is 5.10 Å². The van der Waals surface area contributed by atoms with Crippen LogP contribution in [0.5, 0.6) is 0 Å². The van der Waals surface area contributed by atoms with Crippen molar-refractivity contribution in [2.24, 2.45) is 5.73 Å². The molecule has 2 aliphatic heterocycles. The molecule has 0 saturated carbocycles. The van der Waals surface area contributed by atoms with Crippen molar-refractivity contribution in [1.82, 2.24) is 25.0 Å². The lowest BCUT2D eigenvalue weighted by Gasteiger charge is -2.34. The van der Waals surface area contributed by atoms with Crippen LogP contribution in [0, 0.1) is 6.92 Å². The third kappa shape index (κ3) is 2.69. The molecule has 20 heavy (non-hydrogen) atoms. The van der Waals surface area contributed by atoms with E-state index in [0.717, 1.165) is 45.4 Å². The molecule has 0 spiro atoms. The van der Waals surface area contributed by atoms with Gasteiger partial charge >= 0.3 is 0 Å². The van der Waals surface area contributed by atoms with E-state index in [-0.39, 0.29) is 11.7 Å². The Kier molecular flexibility index (Phi) is 3.71. The topological polar surface area (TPSA) is 91.1 Å². The number of hydrogen-bond donors (Lipinski definition) is 2. The minimum absolute atomic E-state index is 0.0643. The number of nitrogens with one attached hydrogen (secondary N) is 1. The van der Waals surface area contributed by atoms with Crippen molar-refractivity contribution in [3.05, 3.63) is 11.6 Å². The molecule has 2 fully saturated rings. The molecule has 0 bridgehead atoms. The highest BCUT2D eigenvalue weighted by atomic mass is 16.2. The number of aromatic amines is 1. The Morgan fingerprint density at radius 1 is 1.30 bits per heavy atom. The number of piperidine rings is 1. The third-order valence-electron chi connectivity index (χ3n) is 4.33. The predicted octanol–water partition coefficient (Wildman–Crippen LogP) is -0.249. The number of likely N-dealkylation sites (tertiary alicyclic amines) is 2. The number of rotatable bonds is 2. The molecule has 1 unspecified atom stereocenters. The van der Waals surface area contributed by atoms with E-state index in [4.69, 9.17) is 5.73 Å². The second-order valence-corrected chi connectivity index (χ2v) is 5.81. The summed E-state index contributed by atoms with van der Waals surface area (Å²) in [6.07, 6.45) is 3.15. The zero-order chi connectivity index (χ0) is 14.1. The van der Waals surface area contributed by atoms with Crippen LogP contribution < -0.4 is 5.73 Å². The molecule has 110 valence electrons. The predicted molar refractivity (Wildman–Crippen MR) is 74.2 cm³/mol. The fourth-order valence-electron chi connectivity index (χ4n) is 3.09. The fraction of sp³-hybridized carbons (Fsp3) is 0.769. The number of aryl methyl sites for hydroxylation is 1. The van der Waals surface area contributed by atoms with Crippen LogP contribution in [-0.4, -0.2) is 69.2 Å². The van der Waals surface area contributed by atoms with Gasteiger partial charge in [0.25, 0.3) is 5.91 Å². The maximum absolute atomic E-state index is 12.3. The lowest BCUT2D eigenvalue weighted by atomic mass is 10.0. The number of hydrogen-bond acceptors (Lipinski definition) is 5. The summed E-state index contributed by atoms with van der Waals surface area (Å²) in [7, 11) is 0. The molecule has 2 aliphatic rings. The van der Waals surface area contributed by atoms with Crippen molar-refractivity contribution in [1.29, 1.82) is 0 Å². The van der Waals surface area contributed by atoms with Crippen molar-refractivity contribution in [2.45, 2.75) is 38.3 Å². The molecule has 0 aromatic carbocycles. The molecule has 7 heteroatoms. The zero-order valence-corrected chi connectivity index (χ0v) is 11.9. The zero-order valence-electron chi connectivity index (χ0n) is 11.9. The maximum Gasteiger partial charge on any atom is 0.293 e. The van der Waals surface area contributed by atoms with E-state index in [1.807, 2.05) is 4.90 Å². The van der Waals surface area contributed by atoms with Crippen molar-refractivity contribution < 1.29 is 4.79 Å². The van der Waals surface area contributed by atoms with Crippen LogP contribution in [0.15, 0.2) is 0 Å². The monoisotopic (exact) mass is 278 g/mol. The number of amides is 1. The van der Waals surface area contributed by atoms with Crippen LogP contribution in [0.2, 0.25) is 0 Å². The Hall–Kier alpha value is -1.47. The number of carbonyl (C=O) groups is 1. The molecule has 0 aliphatic carbocycles. The maximum atomic E-state index is 12.3. The van der Waals surface area contributed by atoms with Crippen LogP contribution >= 0.6 is 0 Å². The van der Waals surface area contributed by atoms with E-state index >= 15 is 0 Å². The molecule has 1 amide bonds. The van der Waals surface area contributed by atoms with E-state index in [2.05, 4.69) is 20.1 Å². The van der Waals surface area contributed by atoms with E-state index in [1.165, 1.54) is 0 Å². The SMILES string of the molecule is Cc1nc(C(=O)N2CCC(N3CCC(N)CC3)C2)n[nH]1. The Morgan fingerprint density at radius 3 is 2.70 bits per heavy atom. The van der Waals surface area contributed by atoms with Gasteiger partial charge in [0.05, 0.1) is 0 Å². The summed E-state index contributed by atoms with van der Waals surface area (Å²) in [5, 5.41) is 6.67. The first kappa shape index (κ1) is 13.5. The lowest BCUT2D eigenvalue weighted by molar-refractivity contribution is 0.0758. The van der Waals surface area contributed by atoms with Gasteiger partial charge in [-0.3, -0.25) is 14.8 Å². The van der Waals surface area contributed by atoms with Gasteiger partial charge in [-0.2, -0.15) is 0 Å². The minimum Gasteiger partial charge on any atom is -0.334 e. The van der Waals surface area contributed by atoms with Crippen LogP contribution in [0.3, 0.4) is 0 Å². The summed E-state index contributed by atoms with van der Waals surface area (Å²) in [6.45, 7) is 5.47. The van der Waals surface area contributed by atoms with Gasteiger partial charge < -0.3 is 10.6 Å². The second kappa shape index (κ2) is 5.49. The molecule has 1 aromatic heterocycles. The van der Waals surface area contributed by atoms with E-state index in [1.54, 1.807) is 6.92 Å². The normalized spacial score (nSPS) is 25.3. The Balaban J connectivity index is 1.58. The molecular formula is C13H22N6O. The number of nitrogens with two attached hydrogens (primary N) is 1. The van der Waals surface area contributed by atoms with Gasteiger partial charge in [0.2, 0.25) is 5.82 Å². The molecular weight excluding hydrogens is 256 g/mol. The van der Waals surface area contributed by atoms with Crippen molar-refractivity contribution >= 4 is 5.91 Å². The van der Waals surface area contributed by atoms with Gasteiger partial charge in [0.15, 0.2) is 0 Å². The second-order valence-electron chi connectivity index (χ2n) is 5.81. The molecule has 1 aromatic rings. The van der Waals surface area contributed by atoms with Crippen LogP contribution in [0.25, 0.3) is 0 Å². The minimum atomic E-state index is -0.0643. The number of carbonyl (C=O) groups excluding carboxylic acids is 1. The summed E-state index contributed by atoms with van der Waals surface area (Å²) in [6, 6.07) is 0.813. The first-order chi connectivity index (χ1) is 9.63. The Morgan fingerprint density at radius 2 is 2.05 bits per heavy atom. The summed E-state index contributed by atoms with van der Waals surface area (Å²) in [5.74, 6) is 0.892. The molecule has 3 rings (SSSR count). The highest BCUT2D eigenvalue weighted by Crippen LogP contribution is 2.20. The lowest BCUT2D eigenvalue weighted by Crippen LogP contribution is -2.46. The van der Waals surface area contributed by atoms with Crippen molar-refractivity contribution in [2.75, 3.05) is 26.2 Å².